The molecule has 1 fully saturated rings. The Morgan fingerprint density at radius 2 is 2.00 bits per heavy atom. The first-order chi connectivity index (χ1) is 10.5. The van der Waals surface area contributed by atoms with Crippen LogP contribution in [-0.4, -0.2) is 32.3 Å². The number of ether oxygens (including phenoxy) is 1. The number of guanidine groups is 1. The average molecular weight is 452 g/mol. The van der Waals surface area contributed by atoms with Gasteiger partial charge in [-0.1, -0.05) is 43.6 Å². The van der Waals surface area contributed by atoms with Gasteiger partial charge < -0.3 is 15.8 Å². The van der Waals surface area contributed by atoms with E-state index in [4.69, 9.17) is 22.1 Å². The van der Waals surface area contributed by atoms with Gasteiger partial charge in [-0.05, 0) is 30.4 Å². The zero-order chi connectivity index (χ0) is 16.0. The molecule has 0 bridgehead atoms. The van der Waals surface area contributed by atoms with Crippen molar-refractivity contribution in [2.75, 3.05) is 26.3 Å². The van der Waals surface area contributed by atoms with Crippen LogP contribution in [0.3, 0.4) is 0 Å². The smallest absolute Gasteiger partial charge is 0.188 e. The molecule has 1 aliphatic rings. The molecule has 0 unspecified atom stereocenters. The summed E-state index contributed by atoms with van der Waals surface area (Å²) in [6, 6.07) is 8.03. The number of hydrogen-bond acceptors (Lipinski definition) is 2. The highest BCUT2D eigenvalue weighted by atomic mass is 127. The number of benzene rings is 1. The predicted molar refractivity (Wildman–Crippen MR) is 108 cm³/mol. The maximum absolute atomic E-state index is 6.43. The highest BCUT2D eigenvalue weighted by Gasteiger charge is 2.35. The Morgan fingerprint density at radius 3 is 2.61 bits per heavy atom. The van der Waals surface area contributed by atoms with Crippen molar-refractivity contribution in [3.05, 3.63) is 34.9 Å². The van der Waals surface area contributed by atoms with E-state index in [1.165, 1.54) is 0 Å². The molecule has 23 heavy (non-hydrogen) atoms. The van der Waals surface area contributed by atoms with Gasteiger partial charge in [0, 0.05) is 30.2 Å². The van der Waals surface area contributed by atoms with Gasteiger partial charge in [0.15, 0.2) is 5.96 Å². The second-order valence-electron chi connectivity index (χ2n) is 6.35. The molecule has 4 nitrogen and oxygen atoms in total. The third kappa shape index (κ3) is 5.80. The van der Waals surface area contributed by atoms with Crippen LogP contribution in [0.1, 0.15) is 32.3 Å². The van der Waals surface area contributed by atoms with E-state index >= 15 is 0 Å². The molecule has 1 heterocycles. The number of nitrogens with one attached hydrogen (secondary N) is 1. The third-order valence-electron chi connectivity index (χ3n) is 4.14. The van der Waals surface area contributed by atoms with Gasteiger partial charge in [-0.15, -0.1) is 24.0 Å². The summed E-state index contributed by atoms with van der Waals surface area (Å²) in [7, 11) is 0. The van der Waals surface area contributed by atoms with E-state index in [2.05, 4.69) is 30.2 Å². The van der Waals surface area contributed by atoms with Crippen molar-refractivity contribution < 1.29 is 4.74 Å². The number of rotatable bonds is 5. The lowest BCUT2D eigenvalue weighted by Gasteiger charge is -2.37. The average Bonchev–Trinajstić information content (AvgIpc) is 2.52. The van der Waals surface area contributed by atoms with Crippen molar-refractivity contribution in [3.63, 3.8) is 0 Å². The Hall–Kier alpha value is -0.530. The lowest BCUT2D eigenvalue weighted by molar-refractivity contribution is 0.0531. The third-order valence-corrected chi connectivity index (χ3v) is 4.47. The van der Waals surface area contributed by atoms with E-state index in [1.807, 2.05) is 18.2 Å². The molecule has 1 aromatic rings. The van der Waals surface area contributed by atoms with Crippen LogP contribution in [0, 0.1) is 5.92 Å². The fraction of sp³-hybridized carbons (Fsp3) is 0.588. The van der Waals surface area contributed by atoms with Gasteiger partial charge in [-0.25, -0.2) is 0 Å². The van der Waals surface area contributed by atoms with Crippen LogP contribution in [0.25, 0.3) is 0 Å². The predicted octanol–water partition coefficient (Wildman–Crippen LogP) is 3.57. The molecule has 0 spiro atoms. The van der Waals surface area contributed by atoms with Crippen LogP contribution >= 0.6 is 35.6 Å². The van der Waals surface area contributed by atoms with Crippen molar-refractivity contribution >= 4 is 41.5 Å². The van der Waals surface area contributed by atoms with Gasteiger partial charge in [0.25, 0.3) is 0 Å². The highest BCUT2D eigenvalue weighted by Crippen LogP contribution is 2.38. The fourth-order valence-electron chi connectivity index (χ4n) is 2.77. The van der Waals surface area contributed by atoms with Crippen molar-refractivity contribution in [2.24, 2.45) is 16.6 Å². The quantitative estimate of drug-likeness (QED) is 0.409. The standard InChI is InChI=1S/C17H26ClN3O.HI/c1-13(2)11-20-16(19)21-12-17(7-9-22-10-8-17)14-5-3-4-6-15(14)18;/h3-6,13H,7-12H2,1-2H3,(H3,19,20,21);1H. The number of aliphatic imine (C=N–C) groups is 1. The zero-order valence-corrected chi connectivity index (χ0v) is 16.9. The van der Waals surface area contributed by atoms with Gasteiger partial charge in [-0.3, -0.25) is 4.99 Å². The number of halogens is 2. The molecule has 0 amide bonds. The number of hydrogen-bond donors (Lipinski definition) is 2. The van der Waals surface area contributed by atoms with Crippen molar-refractivity contribution in [1.29, 1.82) is 0 Å². The van der Waals surface area contributed by atoms with Crippen LogP contribution in [0.4, 0.5) is 0 Å². The molecule has 1 aromatic carbocycles. The zero-order valence-electron chi connectivity index (χ0n) is 13.8. The topological polar surface area (TPSA) is 59.6 Å². The van der Waals surface area contributed by atoms with Crippen LogP contribution in [0.2, 0.25) is 5.02 Å². The minimum Gasteiger partial charge on any atom is -0.381 e. The fourth-order valence-corrected chi connectivity index (χ4v) is 3.10. The Labute approximate surface area is 161 Å². The van der Waals surface area contributed by atoms with E-state index in [0.29, 0.717) is 18.4 Å². The lowest BCUT2D eigenvalue weighted by Crippen LogP contribution is -2.40. The molecule has 1 saturated heterocycles. The number of nitrogens with zero attached hydrogens (tertiary/aromatic N) is 1. The van der Waals surface area contributed by atoms with Crippen LogP contribution < -0.4 is 11.1 Å². The van der Waals surface area contributed by atoms with E-state index in [9.17, 15) is 0 Å². The lowest BCUT2D eigenvalue weighted by atomic mass is 9.74. The van der Waals surface area contributed by atoms with Gasteiger partial charge >= 0.3 is 0 Å². The maximum Gasteiger partial charge on any atom is 0.188 e. The Balaban J connectivity index is 0.00000264. The largest absolute Gasteiger partial charge is 0.381 e. The SMILES string of the molecule is CC(C)CNC(N)=NCC1(c2ccccc2Cl)CCOCC1.I. The summed E-state index contributed by atoms with van der Waals surface area (Å²) >= 11 is 6.43. The van der Waals surface area contributed by atoms with E-state index in [1.54, 1.807) is 0 Å². The molecule has 130 valence electrons. The monoisotopic (exact) mass is 451 g/mol. The second kappa shape index (κ2) is 9.69. The molecule has 0 radical (unpaired) electrons. The van der Waals surface area contributed by atoms with E-state index < -0.39 is 0 Å². The Bertz CT molecular complexity index is 516. The van der Waals surface area contributed by atoms with Gasteiger partial charge in [-0.2, -0.15) is 0 Å². The molecule has 3 N–H and O–H groups in total. The molecule has 2 rings (SSSR count). The minimum absolute atomic E-state index is 0. The van der Waals surface area contributed by atoms with Crippen LogP contribution in [-0.2, 0) is 10.2 Å². The molecule has 1 aliphatic heterocycles. The summed E-state index contributed by atoms with van der Waals surface area (Å²) in [5.41, 5.74) is 7.06. The van der Waals surface area contributed by atoms with Crippen molar-refractivity contribution in [2.45, 2.75) is 32.1 Å². The summed E-state index contributed by atoms with van der Waals surface area (Å²) in [4.78, 5) is 4.58. The minimum atomic E-state index is -0.0826. The van der Waals surface area contributed by atoms with Gasteiger partial charge in [0.2, 0.25) is 0 Å². The first-order valence-corrected chi connectivity index (χ1v) is 8.28. The summed E-state index contributed by atoms with van der Waals surface area (Å²) in [5.74, 6) is 1.04. The summed E-state index contributed by atoms with van der Waals surface area (Å²) < 4.78 is 5.53. The molecule has 0 atom stereocenters. The molecule has 0 aromatic heterocycles. The Morgan fingerprint density at radius 1 is 1.35 bits per heavy atom. The first kappa shape index (κ1) is 20.5. The highest BCUT2D eigenvalue weighted by molar-refractivity contribution is 14.0. The van der Waals surface area contributed by atoms with Crippen LogP contribution in [0.5, 0.6) is 0 Å². The van der Waals surface area contributed by atoms with E-state index in [-0.39, 0.29) is 29.4 Å². The Kier molecular flexibility index (Phi) is 8.64. The molecular weight excluding hydrogens is 425 g/mol. The van der Waals surface area contributed by atoms with Crippen molar-refractivity contribution in [3.8, 4) is 0 Å². The first-order valence-electron chi connectivity index (χ1n) is 7.90. The molecule has 6 heteroatoms. The molecular formula is C17H27ClIN3O. The second-order valence-corrected chi connectivity index (χ2v) is 6.76. The van der Waals surface area contributed by atoms with Crippen LogP contribution in [0.15, 0.2) is 29.3 Å². The normalized spacial score (nSPS) is 17.7. The molecule has 0 aliphatic carbocycles. The maximum atomic E-state index is 6.43. The molecule has 0 saturated carbocycles. The summed E-state index contributed by atoms with van der Waals surface area (Å²) in [6.07, 6.45) is 1.83. The van der Waals surface area contributed by atoms with Crippen molar-refractivity contribution in [1.82, 2.24) is 5.32 Å². The number of nitrogens with two attached hydrogens (primary N) is 1. The van der Waals surface area contributed by atoms with Gasteiger partial charge in [0.1, 0.15) is 0 Å². The van der Waals surface area contributed by atoms with E-state index in [0.717, 1.165) is 43.2 Å². The summed E-state index contributed by atoms with van der Waals surface area (Å²) in [5, 5.41) is 3.97. The van der Waals surface area contributed by atoms with Gasteiger partial charge in [0.05, 0.1) is 6.54 Å². The summed E-state index contributed by atoms with van der Waals surface area (Å²) in [6.45, 7) is 7.22.